The lowest BCUT2D eigenvalue weighted by Crippen LogP contribution is -1.93. The number of rotatable bonds is 4. The topological polar surface area (TPSA) is 12.9 Å². The molecule has 0 bridgehead atoms. The highest BCUT2D eigenvalue weighted by molar-refractivity contribution is 7.18. The summed E-state index contributed by atoms with van der Waals surface area (Å²) >= 11 is 1.51. The molecule has 0 N–H and O–H groups in total. The number of allylic oxidation sites excluding steroid dienone is 4. The maximum absolute atomic E-state index is 13.6. The molecule has 2 rings (SSSR count). The second kappa shape index (κ2) is 5.27. The lowest BCUT2D eigenvalue weighted by molar-refractivity contribution is 0.637. The highest BCUT2D eigenvalue weighted by Gasteiger charge is 2.14. The lowest BCUT2D eigenvalue weighted by Gasteiger charge is -2.07. The summed E-state index contributed by atoms with van der Waals surface area (Å²) in [6.07, 6.45) is 5.45. The van der Waals surface area contributed by atoms with E-state index < -0.39 is 0 Å². The minimum Gasteiger partial charge on any atom is -0.237 e. The van der Waals surface area contributed by atoms with Gasteiger partial charge in [-0.15, -0.1) is 11.3 Å². The first-order valence-corrected chi connectivity index (χ1v) is 6.48. The molecule has 92 valence electrons. The Morgan fingerprint density at radius 2 is 2.28 bits per heavy atom. The van der Waals surface area contributed by atoms with Crippen LogP contribution in [0.25, 0.3) is 10.2 Å². The fourth-order valence-corrected chi connectivity index (χ4v) is 2.69. The van der Waals surface area contributed by atoms with Gasteiger partial charge in [0.1, 0.15) is 16.3 Å². The predicted octanol–water partition coefficient (Wildman–Crippen LogP) is 4.84. The van der Waals surface area contributed by atoms with Gasteiger partial charge in [0.05, 0.1) is 4.70 Å². The van der Waals surface area contributed by atoms with Gasteiger partial charge in [0, 0.05) is 5.92 Å². The van der Waals surface area contributed by atoms with Gasteiger partial charge in [0.25, 0.3) is 0 Å². The van der Waals surface area contributed by atoms with Gasteiger partial charge < -0.3 is 0 Å². The Bertz CT molecular complexity index is 624. The minimum atomic E-state index is -0.269. The third-order valence-corrected chi connectivity index (χ3v) is 3.96. The second-order valence-corrected chi connectivity index (χ2v) is 5.09. The summed E-state index contributed by atoms with van der Waals surface area (Å²) in [7, 11) is 0. The third-order valence-electron chi connectivity index (χ3n) is 2.76. The van der Waals surface area contributed by atoms with E-state index in [0.717, 1.165) is 15.3 Å². The molecule has 1 atom stereocenters. The standard InChI is InChI=1S/C15H14FNS/c1-4-5-7-10(2)11(3)15-17-14-12(16)8-6-9-13(14)18-15/h4-9,11H,1-2H2,3H3. The largest absolute Gasteiger partial charge is 0.237 e. The monoisotopic (exact) mass is 259 g/mol. The fraction of sp³-hybridized carbons (Fsp3) is 0.133. The van der Waals surface area contributed by atoms with Crippen LogP contribution in [0.2, 0.25) is 0 Å². The van der Waals surface area contributed by atoms with Crippen LogP contribution in [0.3, 0.4) is 0 Å². The van der Waals surface area contributed by atoms with Gasteiger partial charge in [0.15, 0.2) is 0 Å². The maximum atomic E-state index is 13.6. The first-order chi connectivity index (χ1) is 8.63. The first-order valence-electron chi connectivity index (χ1n) is 5.66. The zero-order chi connectivity index (χ0) is 13.1. The summed E-state index contributed by atoms with van der Waals surface area (Å²) in [6, 6.07) is 5.02. The Hall–Kier alpha value is -1.74. The van der Waals surface area contributed by atoms with Crippen molar-refractivity contribution in [1.82, 2.24) is 4.98 Å². The van der Waals surface area contributed by atoms with Crippen LogP contribution < -0.4 is 0 Å². The molecule has 1 aromatic carbocycles. The van der Waals surface area contributed by atoms with Gasteiger partial charge in [-0.3, -0.25) is 0 Å². The third kappa shape index (κ3) is 2.41. The predicted molar refractivity (Wildman–Crippen MR) is 76.5 cm³/mol. The van der Waals surface area contributed by atoms with E-state index in [1.807, 2.05) is 25.1 Å². The van der Waals surface area contributed by atoms with E-state index in [2.05, 4.69) is 18.1 Å². The average Bonchev–Trinajstić information content (AvgIpc) is 2.80. The Balaban J connectivity index is 2.36. The van der Waals surface area contributed by atoms with Gasteiger partial charge in [-0.1, -0.05) is 44.4 Å². The van der Waals surface area contributed by atoms with Crippen LogP contribution >= 0.6 is 11.3 Å². The average molecular weight is 259 g/mol. The van der Waals surface area contributed by atoms with Crippen molar-refractivity contribution in [2.75, 3.05) is 0 Å². The van der Waals surface area contributed by atoms with Crippen molar-refractivity contribution >= 4 is 21.6 Å². The number of nitrogens with zero attached hydrogens (tertiary/aromatic N) is 1. The molecule has 0 aliphatic heterocycles. The highest BCUT2D eigenvalue weighted by Crippen LogP contribution is 2.32. The zero-order valence-electron chi connectivity index (χ0n) is 10.2. The van der Waals surface area contributed by atoms with Crippen molar-refractivity contribution in [1.29, 1.82) is 0 Å². The van der Waals surface area contributed by atoms with Crippen molar-refractivity contribution in [2.24, 2.45) is 0 Å². The van der Waals surface area contributed by atoms with E-state index in [1.165, 1.54) is 17.4 Å². The van der Waals surface area contributed by atoms with E-state index in [9.17, 15) is 4.39 Å². The van der Waals surface area contributed by atoms with Gasteiger partial charge in [-0.2, -0.15) is 0 Å². The Morgan fingerprint density at radius 3 is 2.94 bits per heavy atom. The molecule has 1 aromatic heterocycles. The number of aromatic nitrogens is 1. The van der Waals surface area contributed by atoms with E-state index in [4.69, 9.17) is 0 Å². The summed E-state index contributed by atoms with van der Waals surface area (Å²) < 4.78 is 14.4. The molecule has 0 amide bonds. The molecular formula is C15H14FNS. The molecule has 0 saturated carbocycles. The number of hydrogen-bond acceptors (Lipinski definition) is 2. The van der Waals surface area contributed by atoms with E-state index in [1.54, 1.807) is 12.1 Å². The maximum Gasteiger partial charge on any atom is 0.150 e. The lowest BCUT2D eigenvalue weighted by atomic mass is 10.0. The number of fused-ring (bicyclic) bond motifs is 1. The fourth-order valence-electron chi connectivity index (χ4n) is 1.61. The van der Waals surface area contributed by atoms with E-state index >= 15 is 0 Å². The van der Waals surface area contributed by atoms with Crippen molar-refractivity contribution in [3.8, 4) is 0 Å². The quantitative estimate of drug-likeness (QED) is 0.716. The molecule has 2 aromatic rings. The summed E-state index contributed by atoms with van der Waals surface area (Å²) in [5.74, 6) is -0.188. The van der Waals surface area contributed by atoms with Crippen molar-refractivity contribution in [3.05, 3.63) is 66.0 Å². The smallest absolute Gasteiger partial charge is 0.150 e. The van der Waals surface area contributed by atoms with Crippen LogP contribution in [-0.2, 0) is 0 Å². The molecule has 1 unspecified atom stereocenters. The van der Waals surface area contributed by atoms with Crippen LogP contribution in [-0.4, -0.2) is 4.98 Å². The highest BCUT2D eigenvalue weighted by atomic mass is 32.1. The molecule has 18 heavy (non-hydrogen) atoms. The van der Waals surface area contributed by atoms with Crippen LogP contribution in [0.4, 0.5) is 4.39 Å². The minimum absolute atomic E-state index is 0.0815. The van der Waals surface area contributed by atoms with Crippen molar-refractivity contribution in [2.45, 2.75) is 12.8 Å². The summed E-state index contributed by atoms with van der Waals surface area (Å²) in [4.78, 5) is 4.36. The van der Waals surface area contributed by atoms with Gasteiger partial charge in [-0.05, 0) is 17.7 Å². The van der Waals surface area contributed by atoms with Gasteiger partial charge in [0.2, 0.25) is 0 Å². The molecule has 0 radical (unpaired) electrons. The number of para-hydroxylation sites is 1. The second-order valence-electron chi connectivity index (χ2n) is 4.03. The Labute approximate surface area is 110 Å². The molecule has 0 saturated heterocycles. The molecule has 3 heteroatoms. The van der Waals surface area contributed by atoms with Crippen LogP contribution in [0, 0.1) is 5.82 Å². The van der Waals surface area contributed by atoms with Gasteiger partial charge >= 0.3 is 0 Å². The molecule has 0 spiro atoms. The number of thiazole rings is 1. The molecule has 0 fully saturated rings. The Morgan fingerprint density at radius 1 is 1.50 bits per heavy atom. The van der Waals surface area contributed by atoms with Crippen molar-refractivity contribution < 1.29 is 4.39 Å². The van der Waals surface area contributed by atoms with E-state index in [-0.39, 0.29) is 11.7 Å². The van der Waals surface area contributed by atoms with E-state index in [0.29, 0.717) is 5.52 Å². The number of hydrogen-bond donors (Lipinski definition) is 0. The van der Waals surface area contributed by atoms with Crippen LogP contribution in [0.15, 0.2) is 55.2 Å². The summed E-state index contributed by atoms with van der Waals surface area (Å²) in [5.41, 5.74) is 1.39. The van der Waals surface area contributed by atoms with Crippen molar-refractivity contribution in [3.63, 3.8) is 0 Å². The van der Waals surface area contributed by atoms with Gasteiger partial charge in [-0.25, -0.2) is 9.37 Å². The first kappa shape index (κ1) is 12.7. The number of halogens is 1. The molecule has 0 aliphatic carbocycles. The molecule has 1 nitrogen and oxygen atoms in total. The Kier molecular flexibility index (Phi) is 3.72. The molecular weight excluding hydrogens is 245 g/mol. The van der Waals surface area contributed by atoms with Crippen LogP contribution in [0.5, 0.6) is 0 Å². The normalized spacial score (nSPS) is 13.0. The SMILES string of the molecule is C=CC=CC(=C)C(C)c1nc2c(F)cccc2s1. The van der Waals surface area contributed by atoms with Crippen LogP contribution in [0.1, 0.15) is 17.8 Å². The summed E-state index contributed by atoms with van der Waals surface area (Å²) in [6.45, 7) is 9.64. The molecule has 1 heterocycles. The molecule has 0 aliphatic rings. The summed E-state index contributed by atoms with van der Waals surface area (Å²) in [5, 5.41) is 0.883. The zero-order valence-corrected chi connectivity index (χ0v) is 11.0. The number of benzene rings is 1.